The van der Waals surface area contributed by atoms with Crippen LogP contribution in [0.2, 0.25) is 0 Å². The third-order valence-electron chi connectivity index (χ3n) is 2.21. The summed E-state index contributed by atoms with van der Waals surface area (Å²) in [5.41, 5.74) is 3.29. The molecule has 1 rings (SSSR count). The van der Waals surface area contributed by atoms with Crippen molar-refractivity contribution in [2.24, 2.45) is 0 Å². The summed E-state index contributed by atoms with van der Waals surface area (Å²) in [6.45, 7) is 9.10. The summed E-state index contributed by atoms with van der Waals surface area (Å²) in [7, 11) is 0. The molecular weight excluding hydrogens is 194 g/mol. The van der Waals surface area contributed by atoms with E-state index in [1.807, 2.05) is 36.5 Å². The zero-order valence-corrected chi connectivity index (χ0v) is 10.0. The molecule has 0 aliphatic heterocycles. The van der Waals surface area contributed by atoms with Crippen LogP contribution < -0.4 is 5.32 Å². The third-order valence-corrected chi connectivity index (χ3v) is 2.21. The maximum Gasteiger partial charge on any atom is 0.0407 e. The normalized spacial score (nSPS) is 29.0. The third kappa shape index (κ3) is 4.18. The van der Waals surface area contributed by atoms with E-state index >= 15 is 0 Å². The molecule has 0 unspecified atom stereocenters. The summed E-state index contributed by atoms with van der Waals surface area (Å²) in [5, 5.41) is 3.30. The predicted molar refractivity (Wildman–Crippen MR) is 72.1 cm³/mol. The van der Waals surface area contributed by atoms with Gasteiger partial charge >= 0.3 is 0 Å². The maximum atomic E-state index is 4.04. The Morgan fingerprint density at radius 2 is 1.75 bits per heavy atom. The first-order valence-electron chi connectivity index (χ1n) is 5.57. The average Bonchev–Trinajstić information content (AvgIpc) is 2.30. The molecule has 1 nitrogen and oxygen atoms in total. The highest BCUT2D eigenvalue weighted by atomic mass is 14.9. The van der Waals surface area contributed by atoms with Crippen LogP contribution in [0.5, 0.6) is 0 Å². The van der Waals surface area contributed by atoms with Gasteiger partial charge in [-0.15, -0.1) is 0 Å². The van der Waals surface area contributed by atoms with E-state index in [9.17, 15) is 0 Å². The zero-order valence-electron chi connectivity index (χ0n) is 10.0. The second kappa shape index (κ2) is 6.67. The van der Waals surface area contributed by atoms with E-state index in [-0.39, 0.29) is 0 Å². The van der Waals surface area contributed by atoms with E-state index in [0.29, 0.717) is 0 Å². The molecule has 0 bridgehead atoms. The Labute approximate surface area is 98.3 Å². The second-order valence-electron chi connectivity index (χ2n) is 3.65. The Hall–Kier alpha value is -1.76. The summed E-state index contributed by atoms with van der Waals surface area (Å²) in [6.07, 6.45) is 16.3. The Morgan fingerprint density at radius 3 is 2.50 bits per heavy atom. The Kier molecular flexibility index (Phi) is 5.13. The van der Waals surface area contributed by atoms with E-state index < -0.39 is 0 Å². The monoisotopic (exact) mass is 213 g/mol. The standard InChI is InChI=1S/C15H19N/c1-4-16-15-12-8-6-10-13(2)9-5-7-11-14(15)3/h5-12,16H,3-4H2,1-2H3/b8-6-,9-5-,11-7-,13-10-,15-12+. The largest absolute Gasteiger partial charge is 0.385 e. The molecule has 1 aliphatic rings. The van der Waals surface area contributed by atoms with Gasteiger partial charge in [-0.25, -0.2) is 0 Å². The number of allylic oxidation sites excluding steroid dienone is 9. The van der Waals surface area contributed by atoms with E-state index in [1.54, 1.807) is 0 Å². The Morgan fingerprint density at radius 1 is 1.06 bits per heavy atom. The van der Waals surface area contributed by atoms with Crippen LogP contribution in [0.1, 0.15) is 13.8 Å². The SMILES string of the molecule is C=C1\C=C/C=C\C(C)=C/C=C\C=C/1NCC. The maximum absolute atomic E-state index is 4.04. The molecule has 1 aliphatic carbocycles. The van der Waals surface area contributed by atoms with Crippen molar-refractivity contribution >= 4 is 0 Å². The van der Waals surface area contributed by atoms with Gasteiger partial charge in [-0.1, -0.05) is 54.7 Å². The molecule has 0 aromatic rings. The van der Waals surface area contributed by atoms with Crippen molar-refractivity contribution in [3.63, 3.8) is 0 Å². The fraction of sp³-hybridized carbons (Fsp3) is 0.200. The van der Waals surface area contributed by atoms with Crippen molar-refractivity contribution in [1.82, 2.24) is 5.32 Å². The van der Waals surface area contributed by atoms with E-state index in [0.717, 1.165) is 17.8 Å². The lowest BCUT2D eigenvalue weighted by Gasteiger charge is -2.07. The average molecular weight is 213 g/mol. The minimum atomic E-state index is 0.900. The van der Waals surface area contributed by atoms with E-state index in [2.05, 4.69) is 37.9 Å². The topological polar surface area (TPSA) is 12.0 Å². The van der Waals surface area contributed by atoms with Gasteiger partial charge in [0.15, 0.2) is 0 Å². The van der Waals surface area contributed by atoms with Crippen molar-refractivity contribution in [2.45, 2.75) is 13.8 Å². The van der Waals surface area contributed by atoms with Crippen molar-refractivity contribution in [3.05, 3.63) is 72.0 Å². The van der Waals surface area contributed by atoms with Crippen molar-refractivity contribution in [3.8, 4) is 0 Å². The number of likely N-dealkylation sites (N-methyl/N-ethyl adjacent to an activating group) is 1. The van der Waals surface area contributed by atoms with Gasteiger partial charge < -0.3 is 5.32 Å². The quantitative estimate of drug-likeness (QED) is 0.738. The fourth-order valence-corrected chi connectivity index (χ4v) is 1.35. The molecule has 0 spiro atoms. The summed E-state index contributed by atoms with van der Waals surface area (Å²) in [6, 6.07) is 0. The zero-order chi connectivity index (χ0) is 11.8. The number of nitrogens with one attached hydrogen (secondary N) is 1. The highest BCUT2D eigenvalue weighted by Gasteiger charge is 1.95. The summed E-state index contributed by atoms with van der Waals surface area (Å²) in [5.74, 6) is 0. The molecule has 0 heterocycles. The molecule has 0 aromatic heterocycles. The van der Waals surface area contributed by atoms with Crippen LogP contribution in [0.25, 0.3) is 0 Å². The minimum absolute atomic E-state index is 0.900. The van der Waals surface area contributed by atoms with E-state index in [4.69, 9.17) is 0 Å². The van der Waals surface area contributed by atoms with Crippen LogP contribution in [-0.4, -0.2) is 6.54 Å². The fourth-order valence-electron chi connectivity index (χ4n) is 1.35. The van der Waals surface area contributed by atoms with Gasteiger partial charge in [-0.05, 0) is 25.5 Å². The van der Waals surface area contributed by atoms with Crippen LogP contribution in [0, 0.1) is 0 Å². The molecule has 16 heavy (non-hydrogen) atoms. The van der Waals surface area contributed by atoms with Gasteiger partial charge in [0, 0.05) is 12.2 Å². The van der Waals surface area contributed by atoms with Gasteiger partial charge in [0.2, 0.25) is 0 Å². The predicted octanol–water partition coefficient (Wildman–Crippen LogP) is 3.66. The van der Waals surface area contributed by atoms with Gasteiger partial charge in [-0.2, -0.15) is 0 Å². The van der Waals surface area contributed by atoms with Gasteiger partial charge in [-0.3, -0.25) is 0 Å². The van der Waals surface area contributed by atoms with Crippen LogP contribution in [0.4, 0.5) is 0 Å². The molecule has 0 aromatic carbocycles. The van der Waals surface area contributed by atoms with Crippen molar-refractivity contribution in [1.29, 1.82) is 0 Å². The van der Waals surface area contributed by atoms with Crippen LogP contribution in [0.15, 0.2) is 72.0 Å². The lowest BCUT2D eigenvalue weighted by Crippen LogP contribution is -2.12. The number of hydrogen-bond donors (Lipinski definition) is 1. The minimum Gasteiger partial charge on any atom is -0.385 e. The summed E-state index contributed by atoms with van der Waals surface area (Å²) >= 11 is 0. The first-order chi connectivity index (χ1) is 7.74. The summed E-state index contributed by atoms with van der Waals surface area (Å²) < 4.78 is 0. The first kappa shape index (κ1) is 12.3. The molecule has 0 fully saturated rings. The van der Waals surface area contributed by atoms with Crippen LogP contribution in [-0.2, 0) is 0 Å². The lowest BCUT2D eigenvalue weighted by atomic mass is 10.2. The molecule has 1 N–H and O–H groups in total. The smallest absolute Gasteiger partial charge is 0.0407 e. The number of rotatable bonds is 2. The lowest BCUT2D eigenvalue weighted by molar-refractivity contribution is 0.870. The van der Waals surface area contributed by atoms with Gasteiger partial charge in [0.05, 0.1) is 0 Å². The van der Waals surface area contributed by atoms with Crippen LogP contribution in [0.3, 0.4) is 0 Å². The van der Waals surface area contributed by atoms with Crippen molar-refractivity contribution < 1.29 is 0 Å². The highest BCUT2D eigenvalue weighted by molar-refractivity contribution is 5.41. The second-order valence-corrected chi connectivity index (χ2v) is 3.65. The van der Waals surface area contributed by atoms with E-state index in [1.165, 1.54) is 5.57 Å². The summed E-state index contributed by atoms with van der Waals surface area (Å²) in [4.78, 5) is 0. The molecular formula is C15H19N. The molecule has 0 radical (unpaired) electrons. The van der Waals surface area contributed by atoms with Gasteiger partial charge in [0.1, 0.15) is 0 Å². The Bertz CT molecular complexity index is 390. The van der Waals surface area contributed by atoms with Gasteiger partial charge in [0.25, 0.3) is 0 Å². The molecule has 0 atom stereocenters. The number of hydrogen-bond acceptors (Lipinski definition) is 1. The molecule has 0 amide bonds. The first-order valence-corrected chi connectivity index (χ1v) is 5.57. The molecule has 0 saturated heterocycles. The highest BCUT2D eigenvalue weighted by Crippen LogP contribution is 2.08. The van der Waals surface area contributed by atoms with Crippen molar-refractivity contribution in [2.75, 3.05) is 6.54 Å². The molecule has 1 heteroatoms. The van der Waals surface area contributed by atoms with Crippen LogP contribution >= 0.6 is 0 Å². The Balaban J connectivity index is 2.97. The molecule has 84 valence electrons. The molecule has 0 saturated carbocycles.